The zero-order chi connectivity index (χ0) is 31.4. The number of benzene rings is 1. The maximum Gasteiger partial charge on any atom is 0.410 e. The molecule has 3 fully saturated rings. The summed E-state index contributed by atoms with van der Waals surface area (Å²) in [6.45, 7) is 9.76. The molecule has 1 aliphatic carbocycles. The van der Waals surface area contributed by atoms with Crippen LogP contribution in [0.1, 0.15) is 65.0 Å². The summed E-state index contributed by atoms with van der Waals surface area (Å²) >= 11 is 6.65. The molecule has 3 aromatic rings. The van der Waals surface area contributed by atoms with Crippen molar-refractivity contribution in [2.24, 2.45) is 5.41 Å². The van der Waals surface area contributed by atoms with E-state index in [1.54, 1.807) is 15.5 Å². The van der Waals surface area contributed by atoms with Crippen LogP contribution >= 0.6 is 11.6 Å². The quantitative estimate of drug-likeness (QED) is 0.449. The summed E-state index contributed by atoms with van der Waals surface area (Å²) in [4.78, 5) is 47.2. The monoisotopic (exact) mass is 625 g/mol. The van der Waals surface area contributed by atoms with Crippen molar-refractivity contribution in [2.45, 2.75) is 77.2 Å². The number of amides is 2. The molecule has 6 rings (SSSR count). The number of aromatic nitrogens is 3. The van der Waals surface area contributed by atoms with Gasteiger partial charge >= 0.3 is 6.09 Å². The van der Waals surface area contributed by atoms with Gasteiger partial charge in [0.25, 0.3) is 5.56 Å². The second-order valence-electron chi connectivity index (χ2n) is 13.7. The summed E-state index contributed by atoms with van der Waals surface area (Å²) in [7, 11) is 0. The average molecular weight is 626 g/mol. The van der Waals surface area contributed by atoms with E-state index in [2.05, 4.69) is 4.98 Å². The van der Waals surface area contributed by atoms with Gasteiger partial charge in [0.05, 0.1) is 36.8 Å². The van der Waals surface area contributed by atoms with E-state index in [0.717, 1.165) is 18.4 Å². The highest BCUT2D eigenvalue weighted by atomic mass is 35.5. The van der Waals surface area contributed by atoms with Gasteiger partial charge in [-0.2, -0.15) is 0 Å². The molecule has 2 saturated heterocycles. The molecule has 44 heavy (non-hydrogen) atoms. The standard InChI is InChI=1S/C32H40ClN5O6/c1-30(2,3)44-29(41)37-15-16-43-18-24(37)21-5-7-22(8-6-21)38-25(33)17-23-26(38)34-20-36(27(23)39)19-32(42)11-13-35(14-12-32)28(40)31(4)9-10-31/h5-8,17,20,24,42H,9-16,18-19H2,1-4H3/t24-/m0/s1. The molecule has 0 bridgehead atoms. The predicted molar refractivity (Wildman–Crippen MR) is 165 cm³/mol. The Labute approximate surface area is 261 Å². The molecule has 2 aliphatic heterocycles. The van der Waals surface area contributed by atoms with Crippen LogP contribution in [0.4, 0.5) is 4.79 Å². The molecule has 0 spiro atoms. The van der Waals surface area contributed by atoms with Gasteiger partial charge in [-0.25, -0.2) is 9.78 Å². The molecule has 0 radical (unpaired) electrons. The second-order valence-corrected chi connectivity index (χ2v) is 14.0. The second kappa shape index (κ2) is 11.2. The number of likely N-dealkylation sites (tertiary alicyclic amines) is 1. The molecule has 1 saturated carbocycles. The van der Waals surface area contributed by atoms with Crippen LogP contribution in [-0.4, -0.2) is 85.1 Å². The minimum atomic E-state index is -1.11. The topological polar surface area (TPSA) is 119 Å². The maximum atomic E-state index is 13.5. The number of fused-ring (bicyclic) bond motifs is 1. The van der Waals surface area contributed by atoms with Crippen molar-refractivity contribution in [3.63, 3.8) is 0 Å². The molecular weight excluding hydrogens is 586 g/mol. The minimum absolute atomic E-state index is 0.0865. The fourth-order valence-corrected chi connectivity index (χ4v) is 6.38. The molecule has 1 N–H and O–H groups in total. The van der Waals surface area contributed by atoms with E-state index >= 15 is 0 Å². The number of hydrogen-bond donors (Lipinski definition) is 1. The normalized spacial score (nSPS) is 21.4. The zero-order valence-electron chi connectivity index (χ0n) is 25.7. The predicted octanol–water partition coefficient (Wildman–Crippen LogP) is 4.30. The first kappa shape index (κ1) is 30.6. The third kappa shape index (κ3) is 5.97. The number of carbonyl (C=O) groups excluding carboxylic acids is 2. The number of halogens is 1. The third-order valence-corrected chi connectivity index (χ3v) is 9.27. The SMILES string of the molecule is CC(C)(C)OC(=O)N1CCOC[C@H]1c1ccc(-n2c(Cl)cc3c(=O)n(CC4(O)CCN(C(=O)C5(C)CC5)CC4)cnc32)cc1. The Hall–Kier alpha value is -3.41. The first-order valence-electron chi connectivity index (χ1n) is 15.2. The molecule has 2 aromatic heterocycles. The molecule has 11 nitrogen and oxygen atoms in total. The van der Waals surface area contributed by atoms with Gasteiger partial charge in [-0.05, 0) is 70.2 Å². The fourth-order valence-electron chi connectivity index (χ4n) is 6.09. The number of morpholine rings is 1. The number of carbonyl (C=O) groups is 2. The summed E-state index contributed by atoms with van der Waals surface area (Å²) in [6.07, 6.45) is 3.69. The van der Waals surface area contributed by atoms with Crippen LogP contribution in [0.15, 0.2) is 41.5 Å². The van der Waals surface area contributed by atoms with Gasteiger partial charge in [-0.3, -0.25) is 23.6 Å². The van der Waals surface area contributed by atoms with Crippen molar-refractivity contribution < 1.29 is 24.2 Å². The number of nitrogens with zero attached hydrogens (tertiary/aromatic N) is 5. The van der Waals surface area contributed by atoms with Gasteiger partial charge in [-0.1, -0.05) is 30.7 Å². The molecule has 2 amide bonds. The van der Waals surface area contributed by atoms with E-state index in [-0.39, 0.29) is 35.6 Å². The minimum Gasteiger partial charge on any atom is -0.444 e. The lowest BCUT2D eigenvalue weighted by Gasteiger charge is -2.39. The van der Waals surface area contributed by atoms with Crippen LogP contribution < -0.4 is 5.56 Å². The number of hydrogen-bond acceptors (Lipinski definition) is 7. The van der Waals surface area contributed by atoms with E-state index in [1.165, 1.54) is 10.9 Å². The molecule has 1 atom stereocenters. The lowest BCUT2D eigenvalue weighted by molar-refractivity contribution is -0.141. The largest absolute Gasteiger partial charge is 0.444 e. The number of ether oxygens (including phenoxy) is 2. The van der Waals surface area contributed by atoms with E-state index in [1.807, 2.05) is 56.9 Å². The third-order valence-electron chi connectivity index (χ3n) is 9.00. The highest BCUT2D eigenvalue weighted by molar-refractivity contribution is 6.31. The fraction of sp³-hybridized carbons (Fsp3) is 0.562. The first-order chi connectivity index (χ1) is 20.8. The van der Waals surface area contributed by atoms with Crippen LogP contribution in [0, 0.1) is 5.41 Å². The lowest BCUT2D eigenvalue weighted by Crippen LogP contribution is -2.51. The number of aliphatic hydroxyl groups is 1. The van der Waals surface area contributed by atoms with Crippen LogP contribution in [0.5, 0.6) is 0 Å². The average Bonchev–Trinajstić information content (AvgIpc) is 3.64. The van der Waals surface area contributed by atoms with Crippen LogP contribution in [0.3, 0.4) is 0 Å². The smallest absolute Gasteiger partial charge is 0.410 e. The van der Waals surface area contributed by atoms with Crippen molar-refractivity contribution in [2.75, 3.05) is 32.8 Å². The molecule has 12 heteroatoms. The summed E-state index contributed by atoms with van der Waals surface area (Å²) in [5.41, 5.74) is -0.251. The van der Waals surface area contributed by atoms with E-state index < -0.39 is 11.2 Å². The van der Waals surface area contributed by atoms with Crippen molar-refractivity contribution in [3.8, 4) is 5.69 Å². The zero-order valence-corrected chi connectivity index (χ0v) is 26.5. The molecule has 1 aromatic carbocycles. The van der Waals surface area contributed by atoms with Gasteiger partial charge in [0, 0.05) is 30.7 Å². The van der Waals surface area contributed by atoms with Crippen molar-refractivity contribution >= 4 is 34.6 Å². The van der Waals surface area contributed by atoms with Gasteiger partial charge in [-0.15, -0.1) is 0 Å². The first-order valence-corrected chi connectivity index (χ1v) is 15.6. The molecular formula is C32H40ClN5O6. The van der Waals surface area contributed by atoms with E-state index in [4.69, 9.17) is 21.1 Å². The Balaban J connectivity index is 1.20. The number of rotatable bonds is 5. The van der Waals surface area contributed by atoms with E-state index in [0.29, 0.717) is 67.6 Å². The van der Waals surface area contributed by atoms with Crippen molar-refractivity contribution in [1.29, 1.82) is 0 Å². The molecule has 0 unspecified atom stereocenters. The lowest BCUT2D eigenvalue weighted by atomic mass is 9.90. The summed E-state index contributed by atoms with van der Waals surface area (Å²) in [6, 6.07) is 8.85. The highest BCUT2D eigenvalue weighted by Crippen LogP contribution is 2.47. The van der Waals surface area contributed by atoms with Gasteiger partial charge in [0.2, 0.25) is 5.91 Å². The van der Waals surface area contributed by atoms with Crippen LogP contribution in [0.25, 0.3) is 16.7 Å². The molecule has 4 heterocycles. The van der Waals surface area contributed by atoms with Gasteiger partial charge in [0.15, 0.2) is 5.65 Å². The van der Waals surface area contributed by atoms with Gasteiger partial charge in [0.1, 0.15) is 17.1 Å². The Kier molecular flexibility index (Phi) is 7.78. The highest BCUT2D eigenvalue weighted by Gasteiger charge is 2.48. The van der Waals surface area contributed by atoms with Crippen molar-refractivity contribution in [1.82, 2.24) is 23.9 Å². The van der Waals surface area contributed by atoms with Crippen molar-refractivity contribution in [3.05, 3.63) is 57.7 Å². The van der Waals surface area contributed by atoms with Crippen LogP contribution in [-0.2, 0) is 20.8 Å². The van der Waals surface area contributed by atoms with Gasteiger partial charge < -0.3 is 19.5 Å². The Bertz CT molecular complexity index is 1630. The summed E-state index contributed by atoms with van der Waals surface area (Å²) in [5, 5.41) is 12.0. The Morgan fingerprint density at radius 3 is 2.43 bits per heavy atom. The maximum absolute atomic E-state index is 13.5. The Morgan fingerprint density at radius 2 is 1.80 bits per heavy atom. The molecule has 3 aliphatic rings. The van der Waals surface area contributed by atoms with Crippen LogP contribution in [0.2, 0.25) is 5.15 Å². The number of piperidine rings is 1. The summed E-state index contributed by atoms with van der Waals surface area (Å²) < 4.78 is 14.4. The van der Waals surface area contributed by atoms with E-state index in [9.17, 15) is 19.5 Å². The Morgan fingerprint density at radius 1 is 1.11 bits per heavy atom. The summed E-state index contributed by atoms with van der Waals surface area (Å²) in [5.74, 6) is 0.163. The molecule has 236 valence electrons.